The van der Waals surface area contributed by atoms with Crippen LogP contribution in [0, 0.1) is 0 Å². The van der Waals surface area contributed by atoms with E-state index in [1.54, 1.807) is 0 Å². The minimum Gasteiger partial charge on any atom is -0.433 e. The minimum absolute atomic E-state index is 0.469. The summed E-state index contributed by atoms with van der Waals surface area (Å²) >= 11 is 3.61. The van der Waals surface area contributed by atoms with E-state index < -0.39 is 24.4 Å². The number of para-hydroxylation sites is 1. The largest absolute Gasteiger partial charge is 0.433 e. The average Bonchev–Trinajstić information content (AvgIpc) is 3.28. The van der Waals surface area contributed by atoms with Gasteiger partial charge in [-0.1, -0.05) is 60.7 Å². The number of ether oxygens (including phenoxy) is 1. The van der Waals surface area contributed by atoms with Crippen LogP contribution < -0.4 is 10.2 Å². The van der Waals surface area contributed by atoms with Gasteiger partial charge in [0.15, 0.2) is 5.60 Å². The summed E-state index contributed by atoms with van der Waals surface area (Å²) in [5.41, 5.74) is 3.29. The molecule has 43 heavy (non-hydrogen) atoms. The van der Waals surface area contributed by atoms with Gasteiger partial charge in [0, 0.05) is 47.2 Å². The predicted molar refractivity (Wildman–Crippen MR) is 165 cm³/mol. The molecule has 1 fully saturated rings. The first-order valence-corrected chi connectivity index (χ1v) is 15.3. The van der Waals surface area contributed by atoms with Gasteiger partial charge in [0.2, 0.25) is 0 Å². The van der Waals surface area contributed by atoms with Crippen molar-refractivity contribution in [1.29, 1.82) is 0 Å². The summed E-state index contributed by atoms with van der Waals surface area (Å²) in [5.74, 6) is 0.973. The third kappa shape index (κ3) is 6.21. The van der Waals surface area contributed by atoms with Crippen molar-refractivity contribution in [3.63, 3.8) is 0 Å². The molecule has 0 atom stereocenters. The summed E-state index contributed by atoms with van der Waals surface area (Å²) in [6.45, 7) is 2.99. The summed E-state index contributed by atoms with van der Waals surface area (Å²) in [7, 11) is 0. The van der Waals surface area contributed by atoms with E-state index in [2.05, 4.69) is 43.9 Å². The van der Waals surface area contributed by atoms with Crippen LogP contribution in [0.15, 0.2) is 83.3 Å². The normalized spacial score (nSPS) is 16.1. The number of amides is 1. The lowest BCUT2D eigenvalue weighted by Crippen LogP contribution is -2.47. The van der Waals surface area contributed by atoms with Gasteiger partial charge in [-0.2, -0.15) is 13.2 Å². The number of fused-ring (bicyclic) bond motifs is 4. The predicted octanol–water partition coefficient (Wildman–Crippen LogP) is 7.50. The molecule has 0 saturated carbocycles. The van der Waals surface area contributed by atoms with Gasteiger partial charge in [-0.3, -0.25) is 4.90 Å². The van der Waals surface area contributed by atoms with E-state index in [1.165, 1.54) is 0 Å². The Morgan fingerprint density at radius 3 is 2.23 bits per heavy atom. The molecule has 1 aliphatic carbocycles. The number of hydrogen-bond acceptors (Lipinski definition) is 5. The maximum Gasteiger partial charge on any atom is 0.408 e. The van der Waals surface area contributed by atoms with Gasteiger partial charge in [0.25, 0.3) is 0 Å². The lowest BCUT2D eigenvalue weighted by Gasteiger charge is -2.36. The number of nitrogens with zero attached hydrogens (tertiary/aromatic N) is 3. The Balaban J connectivity index is 1.10. The van der Waals surface area contributed by atoms with Crippen molar-refractivity contribution in [1.82, 2.24) is 15.2 Å². The molecule has 0 bridgehead atoms. The number of halogens is 4. The molecule has 3 aromatic carbocycles. The number of carbonyl (C=O) groups is 1. The van der Waals surface area contributed by atoms with Crippen LogP contribution in [0.1, 0.15) is 30.4 Å². The van der Waals surface area contributed by atoms with E-state index >= 15 is 0 Å². The van der Waals surface area contributed by atoms with E-state index in [4.69, 9.17) is 9.72 Å². The zero-order valence-corrected chi connectivity index (χ0v) is 25.1. The number of anilines is 1. The maximum absolute atomic E-state index is 12.8. The van der Waals surface area contributed by atoms with Gasteiger partial charge in [0.1, 0.15) is 12.4 Å². The van der Waals surface area contributed by atoms with Gasteiger partial charge >= 0.3 is 12.3 Å². The monoisotopic (exact) mass is 652 g/mol. The summed E-state index contributed by atoms with van der Waals surface area (Å²) in [5, 5.41) is 3.00. The molecule has 1 aliphatic heterocycles. The van der Waals surface area contributed by atoms with Crippen molar-refractivity contribution >= 4 is 38.7 Å². The zero-order chi connectivity index (χ0) is 30.0. The number of benzene rings is 3. The second kappa shape index (κ2) is 12.2. The molecule has 1 saturated heterocycles. The van der Waals surface area contributed by atoms with Crippen molar-refractivity contribution in [2.75, 3.05) is 44.2 Å². The standard InChI is InChI=1S/C33H32BrF3N4O2/c34-28-13-7-8-23-14-15-29(39-30(23)28)41-20-18-40(19-21-41)17-6-5-16-32(43-31(42)38-22-33(35,36)37)26-11-3-1-9-24(26)25-10-2-4-12-27(25)32/h1-4,7-15H,5-6,16-22H2,(H,38,42). The lowest BCUT2D eigenvalue weighted by molar-refractivity contribution is -0.124. The summed E-state index contributed by atoms with van der Waals surface area (Å²) < 4.78 is 45.5. The average molecular weight is 654 g/mol. The van der Waals surface area contributed by atoms with Crippen LogP contribution in [-0.4, -0.2) is 61.4 Å². The molecule has 0 spiro atoms. The van der Waals surface area contributed by atoms with Crippen LogP contribution in [0.4, 0.5) is 23.8 Å². The Bertz CT molecular complexity index is 1580. The fourth-order valence-corrected chi connectivity index (χ4v) is 6.74. The van der Waals surface area contributed by atoms with E-state index in [9.17, 15) is 18.0 Å². The second-order valence-electron chi connectivity index (χ2n) is 11.0. The summed E-state index contributed by atoms with van der Waals surface area (Å²) in [6.07, 6.45) is -3.54. The highest BCUT2D eigenvalue weighted by Gasteiger charge is 2.46. The van der Waals surface area contributed by atoms with Crippen LogP contribution >= 0.6 is 15.9 Å². The van der Waals surface area contributed by atoms with E-state index in [-0.39, 0.29) is 0 Å². The molecule has 2 heterocycles. The highest BCUT2D eigenvalue weighted by Crippen LogP contribution is 2.52. The number of pyridine rings is 1. The zero-order valence-electron chi connectivity index (χ0n) is 23.5. The van der Waals surface area contributed by atoms with E-state index in [0.717, 1.165) is 89.0 Å². The number of hydrogen-bond donors (Lipinski definition) is 1. The molecule has 1 amide bonds. The quantitative estimate of drug-likeness (QED) is 0.200. The van der Waals surface area contributed by atoms with Crippen molar-refractivity contribution in [3.05, 3.63) is 94.5 Å². The molecule has 6 rings (SSSR count). The number of rotatable bonds is 8. The molecule has 0 radical (unpaired) electrons. The van der Waals surface area contributed by atoms with Crippen molar-refractivity contribution < 1.29 is 22.7 Å². The molecule has 2 aliphatic rings. The maximum atomic E-state index is 12.8. The third-order valence-electron chi connectivity index (χ3n) is 8.32. The molecule has 1 aromatic heterocycles. The molecule has 4 aromatic rings. The molecular formula is C33H32BrF3N4O2. The first-order valence-electron chi connectivity index (χ1n) is 14.5. The highest BCUT2D eigenvalue weighted by atomic mass is 79.9. The van der Waals surface area contributed by atoms with Crippen molar-refractivity contribution in [2.45, 2.75) is 31.0 Å². The first kappa shape index (κ1) is 29.4. The number of piperazine rings is 1. The van der Waals surface area contributed by atoms with Crippen LogP contribution in [-0.2, 0) is 10.3 Å². The smallest absolute Gasteiger partial charge is 0.408 e. The Labute approximate surface area is 257 Å². The van der Waals surface area contributed by atoms with Crippen molar-refractivity contribution in [2.24, 2.45) is 0 Å². The van der Waals surface area contributed by atoms with E-state index in [1.807, 2.05) is 66.0 Å². The van der Waals surface area contributed by atoms with Crippen LogP contribution in [0.25, 0.3) is 22.0 Å². The Hall–Kier alpha value is -3.63. The Morgan fingerprint density at radius 2 is 1.56 bits per heavy atom. The second-order valence-corrected chi connectivity index (χ2v) is 11.9. The number of aromatic nitrogens is 1. The van der Waals surface area contributed by atoms with Gasteiger partial charge in [-0.25, -0.2) is 9.78 Å². The first-order chi connectivity index (χ1) is 20.7. The third-order valence-corrected chi connectivity index (χ3v) is 8.96. The van der Waals surface area contributed by atoms with Crippen LogP contribution in [0.2, 0.25) is 0 Å². The molecule has 224 valence electrons. The number of alkyl carbamates (subject to hydrolysis) is 1. The molecular weight excluding hydrogens is 621 g/mol. The fourth-order valence-electron chi connectivity index (χ4n) is 6.27. The minimum atomic E-state index is -4.52. The van der Waals surface area contributed by atoms with Gasteiger partial charge < -0.3 is 15.0 Å². The van der Waals surface area contributed by atoms with E-state index in [0.29, 0.717) is 6.42 Å². The van der Waals surface area contributed by atoms with Crippen molar-refractivity contribution in [3.8, 4) is 11.1 Å². The number of nitrogens with one attached hydrogen (secondary N) is 1. The topological polar surface area (TPSA) is 57.7 Å². The summed E-state index contributed by atoms with van der Waals surface area (Å²) in [6, 6.07) is 25.6. The highest BCUT2D eigenvalue weighted by molar-refractivity contribution is 9.10. The van der Waals surface area contributed by atoms with Crippen LogP contribution in [0.5, 0.6) is 0 Å². The van der Waals surface area contributed by atoms with Gasteiger partial charge in [-0.15, -0.1) is 0 Å². The van der Waals surface area contributed by atoms with Gasteiger partial charge in [-0.05, 0) is 71.1 Å². The molecule has 6 nitrogen and oxygen atoms in total. The number of unbranched alkanes of at least 4 members (excludes halogenated alkanes) is 1. The number of carbonyl (C=O) groups excluding carboxylic acids is 1. The molecule has 1 N–H and O–H groups in total. The molecule has 10 heteroatoms. The Morgan fingerprint density at radius 1 is 0.884 bits per heavy atom. The fraction of sp³-hybridized carbons (Fsp3) is 0.333. The van der Waals surface area contributed by atoms with Crippen LogP contribution in [0.3, 0.4) is 0 Å². The lowest BCUT2D eigenvalue weighted by atomic mass is 9.86. The van der Waals surface area contributed by atoms with Gasteiger partial charge in [0.05, 0.1) is 5.52 Å². The Kier molecular flexibility index (Phi) is 8.33. The SMILES string of the molecule is O=C(NCC(F)(F)F)OC1(CCCCN2CCN(c3ccc4cccc(Br)c4n3)CC2)c2ccccc2-c2ccccc21. The molecule has 0 unspecified atom stereocenters. The number of alkyl halides is 3. The summed E-state index contributed by atoms with van der Waals surface area (Å²) in [4.78, 5) is 22.4.